The van der Waals surface area contributed by atoms with Crippen LogP contribution in [0.3, 0.4) is 0 Å². The van der Waals surface area contributed by atoms with Gasteiger partial charge in [-0.1, -0.05) is 0 Å². The lowest BCUT2D eigenvalue weighted by Crippen LogP contribution is -2.48. The van der Waals surface area contributed by atoms with Crippen molar-refractivity contribution < 1.29 is 18.3 Å². The number of hydrogen-bond donors (Lipinski definition) is 1. The summed E-state index contributed by atoms with van der Waals surface area (Å²) in [4.78, 5) is 26.7. The largest absolute Gasteiger partial charge is 0.489 e. The van der Waals surface area contributed by atoms with E-state index in [1.54, 1.807) is 31.8 Å². The minimum atomic E-state index is -1.15. The van der Waals surface area contributed by atoms with Crippen molar-refractivity contribution in [2.24, 2.45) is 0 Å². The standard InChI is InChI=1S/C30H32F2N6O3/c1-18-17-41-24-11-23(31)28(32)27-29(24)38(18)15-20(30(27)39)14-37(13-19-7-8-34-26(10-19)40-2)22-4-3-9-36(16-22)21-5-6-25(33)35-12-21/h5-8,10-12,15,18,22H,3-4,9,13-14,16-17H2,1-2H3,(H2,33,35)/t18-,22-/m0/s1. The number of ether oxygens (including phenoxy) is 2. The van der Waals surface area contributed by atoms with Crippen LogP contribution in [0.1, 0.15) is 36.9 Å². The molecule has 5 heterocycles. The first-order valence-corrected chi connectivity index (χ1v) is 13.7. The number of anilines is 2. The molecule has 1 aromatic carbocycles. The highest BCUT2D eigenvalue weighted by atomic mass is 19.2. The molecule has 9 nitrogen and oxygen atoms in total. The topological polar surface area (TPSA) is 98.7 Å². The molecule has 0 radical (unpaired) electrons. The molecule has 2 aliphatic heterocycles. The fourth-order valence-electron chi connectivity index (χ4n) is 5.87. The number of pyridine rings is 3. The van der Waals surface area contributed by atoms with Crippen molar-refractivity contribution in [3.05, 3.63) is 81.9 Å². The van der Waals surface area contributed by atoms with Crippen molar-refractivity contribution in [1.29, 1.82) is 0 Å². The van der Waals surface area contributed by atoms with E-state index in [1.165, 1.54) is 0 Å². The molecule has 0 saturated carbocycles. The van der Waals surface area contributed by atoms with Crippen LogP contribution in [-0.4, -0.2) is 52.3 Å². The summed E-state index contributed by atoms with van der Waals surface area (Å²) in [5.41, 5.74) is 7.91. The Labute approximate surface area is 236 Å². The van der Waals surface area contributed by atoms with Crippen molar-refractivity contribution in [3.63, 3.8) is 0 Å². The molecule has 2 atom stereocenters. The van der Waals surface area contributed by atoms with Gasteiger partial charge < -0.3 is 24.7 Å². The molecule has 2 N–H and O–H groups in total. The molecule has 4 aromatic rings. The van der Waals surface area contributed by atoms with Crippen molar-refractivity contribution in [3.8, 4) is 11.6 Å². The zero-order chi connectivity index (χ0) is 28.7. The summed E-state index contributed by atoms with van der Waals surface area (Å²) in [6, 6.07) is 8.45. The molecule has 41 heavy (non-hydrogen) atoms. The van der Waals surface area contributed by atoms with Gasteiger partial charge in [-0.2, -0.15) is 0 Å². The number of nitrogens with two attached hydrogens (primary N) is 1. The van der Waals surface area contributed by atoms with Gasteiger partial charge in [0.1, 0.15) is 18.2 Å². The van der Waals surface area contributed by atoms with Gasteiger partial charge in [-0.15, -0.1) is 0 Å². The second-order valence-electron chi connectivity index (χ2n) is 10.7. The maximum absolute atomic E-state index is 15.2. The highest BCUT2D eigenvalue weighted by molar-refractivity contribution is 5.86. The number of aromatic nitrogens is 3. The Kier molecular flexibility index (Phi) is 7.21. The second-order valence-corrected chi connectivity index (χ2v) is 10.7. The number of hydrogen-bond acceptors (Lipinski definition) is 8. The molecule has 214 valence electrons. The van der Waals surface area contributed by atoms with Crippen LogP contribution in [0.5, 0.6) is 11.6 Å². The lowest BCUT2D eigenvalue weighted by Gasteiger charge is -2.40. The molecule has 0 aliphatic carbocycles. The molecule has 0 bridgehead atoms. The molecule has 1 saturated heterocycles. The summed E-state index contributed by atoms with van der Waals surface area (Å²) < 4.78 is 42.6. The maximum Gasteiger partial charge on any atom is 0.213 e. The third-order valence-corrected chi connectivity index (χ3v) is 8.00. The molecular formula is C30H32F2N6O3. The number of piperidine rings is 1. The average molecular weight is 563 g/mol. The van der Waals surface area contributed by atoms with Crippen LogP contribution in [0.25, 0.3) is 10.9 Å². The average Bonchev–Trinajstić information content (AvgIpc) is 2.98. The monoisotopic (exact) mass is 562 g/mol. The van der Waals surface area contributed by atoms with Gasteiger partial charge in [0, 0.05) is 62.3 Å². The first kappa shape index (κ1) is 26.9. The van der Waals surface area contributed by atoms with Gasteiger partial charge in [0.25, 0.3) is 0 Å². The third-order valence-electron chi connectivity index (χ3n) is 8.00. The number of methoxy groups -OCH3 is 1. The van der Waals surface area contributed by atoms with Crippen LogP contribution in [-0.2, 0) is 13.1 Å². The van der Waals surface area contributed by atoms with Crippen LogP contribution in [0.15, 0.2) is 53.7 Å². The van der Waals surface area contributed by atoms with E-state index >= 15 is 4.39 Å². The van der Waals surface area contributed by atoms with Gasteiger partial charge in [0.15, 0.2) is 17.1 Å². The molecule has 1 fully saturated rings. The Bertz CT molecular complexity index is 1640. The fourth-order valence-corrected chi connectivity index (χ4v) is 5.87. The lowest BCUT2D eigenvalue weighted by atomic mass is 10.0. The number of rotatable bonds is 7. The molecule has 0 amide bonds. The summed E-state index contributed by atoms with van der Waals surface area (Å²) in [6.07, 6.45) is 7.08. The van der Waals surface area contributed by atoms with Crippen molar-refractivity contribution in [2.45, 2.75) is 44.9 Å². The lowest BCUT2D eigenvalue weighted by molar-refractivity contribution is 0.157. The number of benzene rings is 1. The Morgan fingerprint density at radius 1 is 1.20 bits per heavy atom. The van der Waals surface area contributed by atoms with E-state index in [0.29, 0.717) is 42.5 Å². The summed E-state index contributed by atoms with van der Waals surface area (Å²) >= 11 is 0. The van der Waals surface area contributed by atoms with Crippen LogP contribution in [0.4, 0.5) is 20.3 Å². The zero-order valence-corrected chi connectivity index (χ0v) is 23.0. The summed E-state index contributed by atoms with van der Waals surface area (Å²) in [7, 11) is 1.57. The van der Waals surface area contributed by atoms with E-state index in [1.807, 2.05) is 29.7 Å². The maximum atomic E-state index is 15.2. The normalized spacial score (nSPS) is 18.5. The number of nitrogen functional groups attached to an aromatic ring is 1. The van der Waals surface area contributed by atoms with Gasteiger partial charge in [-0.05, 0) is 43.5 Å². The summed E-state index contributed by atoms with van der Waals surface area (Å²) in [5.74, 6) is -1.10. The quantitative estimate of drug-likeness (QED) is 0.356. The molecule has 0 unspecified atom stereocenters. The first-order chi connectivity index (χ1) is 19.8. The minimum Gasteiger partial charge on any atom is -0.489 e. The Morgan fingerprint density at radius 3 is 2.83 bits per heavy atom. The van der Waals surface area contributed by atoms with Crippen molar-refractivity contribution in [1.82, 2.24) is 19.4 Å². The smallest absolute Gasteiger partial charge is 0.213 e. The highest BCUT2D eigenvalue weighted by Gasteiger charge is 2.30. The number of halogens is 2. The molecule has 11 heteroatoms. The van der Waals surface area contributed by atoms with E-state index in [0.717, 1.165) is 36.7 Å². The minimum absolute atomic E-state index is 0.0607. The molecule has 6 rings (SSSR count). The van der Waals surface area contributed by atoms with Gasteiger partial charge in [-0.25, -0.2) is 18.7 Å². The van der Waals surface area contributed by atoms with Crippen molar-refractivity contribution >= 4 is 22.4 Å². The Morgan fingerprint density at radius 2 is 2.05 bits per heavy atom. The molecule has 3 aromatic heterocycles. The van der Waals surface area contributed by atoms with Crippen LogP contribution in [0, 0.1) is 11.6 Å². The van der Waals surface area contributed by atoms with Crippen LogP contribution in [0.2, 0.25) is 0 Å². The third kappa shape index (κ3) is 5.17. The van der Waals surface area contributed by atoms with E-state index in [-0.39, 0.29) is 29.8 Å². The Hall–Kier alpha value is -4.25. The van der Waals surface area contributed by atoms with Gasteiger partial charge >= 0.3 is 0 Å². The zero-order valence-electron chi connectivity index (χ0n) is 23.0. The molecule has 2 aliphatic rings. The highest BCUT2D eigenvalue weighted by Crippen LogP contribution is 2.35. The van der Waals surface area contributed by atoms with E-state index in [4.69, 9.17) is 15.2 Å². The van der Waals surface area contributed by atoms with E-state index < -0.39 is 17.1 Å². The SMILES string of the molecule is COc1cc(CN(Cc2cn3c4c(cc(F)c(F)c4c2=O)OC[C@@H]3C)[C@H]2CCCN(c3ccc(N)nc3)C2)ccn1. The fraction of sp³-hybridized carbons (Fsp3) is 0.367. The van der Waals surface area contributed by atoms with Crippen LogP contribution < -0.4 is 25.5 Å². The molecule has 0 spiro atoms. The second kappa shape index (κ2) is 11.0. The number of nitrogens with zero attached hydrogens (tertiary/aromatic N) is 5. The van der Waals surface area contributed by atoms with Gasteiger partial charge in [0.05, 0.1) is 35.9 Å². The van der Waals surface area contributed by atoms with Crippen molar-refractivity contribution in [2.75, 3.05) is 37.4 Å². The van der Waals surface area contributed by atoms with E-state index in [9.17, 15) is 9.18 Å². The Balaban J connectivity index is 1.40. The van der Waals surface area contributed by atoms with E-state index in [2.05, 4.69) is 19.8 Å². The first-order valence-electron chi connectivity index (χ1n) is 13.7. The summed E-state index contributed by atoms with van der Waals surface area (Å²) in [6.45, 7) is 4.54. The predicted octanol–water partition coefficient (Wildman–Crippen LogP) is 4.29. The van der Waals surface area contributed by atoms with Crippen LogP contribution >= 0.6 is 0 Å². The summed E-state index contributed by atoms with van der Waals surface area (Å²) in [5, 5.41) is -0.271. The predicted molar refractivity (Wildman–Crippen MR) is 152 cm³/mol. The van der Waals surface area contributed by atoms with Gasteiger partial charge in [-0.3, -0.25) is 9.69 Å². The van der Waals surface area contributed by atoms with Gasteiger partial charge in [0.2, 0.25) is 5.88 Å². The molecular weight excluding hydrogens is 530 g/mol.